The molecular formula is C97H64ClN5. The van der Waals surface area contributed by atoms with Gasteiger partial charge in [-0.25, -0.2) is 0 Å². The Kier molecular flexibility index (Phi) is 14.3. The fraction of sp³-hybridized carbons (Fsp3) is 0.0103. The molecule has 21 aromatic rings. The molecule has 16 aromatic carbocycles. The van der Waals surface area contributed by atoms with Crippen molar-refractivity contribution >= 4 is 121 Å². The average molecular weight is 1340 g/mol. The van der Waals surface area contributed by atoms with Crippen LogP contribution in [0.4, 0.5) is 0 Å². The largest absolute Gasteiger partial charge is 0.309 e. The van der Waals surface area contributed by atoms with Crippen molar-refractivity contribution in [2.24, 2.45) is 0 Å². The molecule has 0 N–H and O–H groups in total. The number of rotatable bonds is 7. The molecule has 6 heteroatoms. The first kappa shape index (κ1) is 59.8. The smallest absolute Gasteiger partial charge is 0.0548 e. The van der Waals surface area contributed by atoms with Gasteiger partial charge < -0.3 is 22.8 Å². The van der Waals surface area contributed by atoms with Crippen molar-refractivity contribution in [2.45, 2.75) is 6.42 Å². The van der Waals surface area contributed by atoms with Crippen molar-refractivity contribution < 1.29 is 0 Å². The lowest BCUT2D eigenvalue weighted by atomic mass is 9.99. The molecular weight excluding hydrogens is 1270 g/mol. The predicted octanol–water partition coefficient (Wildman–Crippen LogP) is 26.1. The molecule has 0 spiro atoms. The lowest BCUT2D eigenvalue weighted by Gasteiger charge is -2.11. The van der Waals surface area contributed by atoms with Crippen LogP contribution in [0.3, 0.4) is 0 Å². The molecule has 0 atom stereocenters. The van der Waals surface area contributed by atoms with Crippen LogP contribution in [0.2, 0.25) is 5.02 Å². The number of halogens is 1. The molecule has 0 bridgehead atoms. The van der Waals surface area contributed by atoms with Gasteiger partial charge in [-0.05, 0) is 184 Å². The first-order valence-electron chi connectivity index (χ1n) is 35.3. The van der Waals surface area contributed by atoms with Gasteiger partial charge >= 0.3 is 0 Å². The van der Waals surface area contributed by atoms with Crippen molar-refractivity contribution in [3.05, 3.63) is 392 Å². The molecule has 5 heterocycles. The minimum atomic E-state index is 0.760. The maximum Gasteiger partial charge on any atom is 0.0548 e. The van der Waals surface area contributed by atoms with Gasteiger partial charge in [-0.15, -0.1) is 0 Å². The molecule has 5 nitrogen and oxygen atoms in total. The van der Waals surface area contributed by atoms with Crippen LogP contribution in [0, 0.1) is 0 Å². The Morgan fingerprint density at radius 1 is 0.184 bits per heavy atom. The van der Waals surface area contributed by atoms with E-state index in [9.17, 15) is 0 Å². The Bertz CT molecular complexity index is 6740. The first-order chi connectivity index (χ1) is 51.1. The summed E-state index contributed by atoms with van der Waals surface area (Å²) in [5.41, 5.74) is 28.6. The summed E-state index contributed by atoms with van der Waals surface area (Å²) in [6.45, 7) is 0. The molecule has 5 aromatic heterocycles. The molecule has 0 radical (unpaired) electrons. The van der Waals surface area contributed by atoms with E-state index in [0.29, 0.717) is 0 Å². The molecule has 0 unspecified atom stereocenters. The van der Waals surface area contributed by atoms with Crippen molar-refractivity contribution in [1.82, 2.24) is 22.8 Å². The van der Waals surface area contributed by atoms with E-state index in [1.54, 1.807) is 0 Å². The third kappa shape index (κ3) is 9.84. The quantitative estimate of drug-likeness (QED) is 0.152. The van der Waals surface area contributed by atoms with E-state index in [2.05, 4.69) is 387 Å². The van der Waals surface area contributed by atoms with E-state index in [-0.39, 0.29) is 0 Å². The van der Waals surface area contributed by atoms with Crippen LogP contribution < -0.4 is 0 Å². The van der Waals surface area contributed by atoms with Crippen LogP contribution in [-0.4, -0.2) is 22.8 Å². The molecule has 103 heavy (non-hydrogen) atoms. The molecule has 0 saturated carbocycles. The summed E-state index contributed by atoms with van der Waals surface area (Å²) in [5.74, 6) is 0. The highest BCUT2D eigenvalue weighted by Crippen LogP contribution is 2.47. The molecule has 484 valence electrons. The Morgan fingerprint density at radius 3 is 0.825 bits per heavy atom. The molecule has 0 aliphatic heterocycles. The zero-order valence-electron chi connectivity index (χ0n) is 56.1. The monoisotopic (exact) mass is 1330 g/mol. The fourth-order valence-corrected chi connectivity index (χ4v) is 16.8. The van der Waals surface area contributed by atoms with Gasteiger partial charge in [0.1, 0.15) is 0 Å². The van der Waals surface area contributed by atoms with Gasteiger partial charge in [0.25, 0.3) is 0 Å². The summed E-state index contributed by atoms with van der Waals surface area (Å²) in [6.07, 6.45) is 1.03. The second-order valence-electron chi connectivity index (χ2n) is 26.8. The summed E-state index contributed by atoms with van der Waals surface area (Å²) in [6, 6.07) is 135. The Labute approximate surface area is 600 Å². The normalized spacial score (nSPS) is 11.9. The zero-order valence-corrected chi connectivity index (χ0v) is 56.9. The Morgan fingerprint density at radius 2 is 0.447 bits per heavy atom. The lowest BCUT2D eigenvalue weighted by Crippen LogP contribution is -1.95. The molecule has 1 aliphatic carbocycles. The summed E-state index contributed by atoms with van der Waals surface area (Å²) in [4.78, 5) is 0. The van der Waals surface area contributed by atoms with E-state index in [1.807, 2.05) is 12.1 Å². The van der Waals surface area contributed by atoms with E-state index < -0.39 is 0 Å². The number of aromatic nitrogens is 5. The van der Waals surface area contributed by atoms with Crippen molar-refractivity contribution in [2.75, 3.05) is 0 Å². The van der Waals surface area contributed by atoms with Gasteiger partial charge in [0, 0.05) is 87.3 Å². The van der Waals surface area contributed by atoms with Gasteiger partial charge in [-0.2, -0.15) is 0 Å². The van der Waals surface area contributed by atoms with Crippen LogP contribution in [0.15, 0.2) is 376 Å². The van der Waals surface area contributed by atoms with Crippen LogP contribution in [0.5, 0.6) is 0 Å². The topological polar surface area (TPSA) is 24.6 Å². The van der Waals surface area contributed by atoms with Gasteiger partial charge in [0.2, 0.25) is 0 Å². The summed E-state index contributed by atoms with van der Waals surface area (Å²) in [7, 11) is 0. The third-order valence-corrected chi connectivity index (χ3v) is 21.4. The number of benzene rings is 16. The molecule has 1 aliphatic rings. The molecule has 0 amide bonds. The van der Waals surface area contributed by atoms with E-state index in [1.165, 1.54) is 171 Å². The van der Waals surface area contributed by atoms with Gasteiger partial charge in [-0.3, -0.25) is 0 Å². The van der Waals surface area contributed by atoms with E-state index in [4.69, 9.17) is 11.6 Å². The zero-order chi connectivity index (χ0) is 68.1. The van der Waals surface area contributed by atoms with E-state index >= 15 is 0 Å². The van der Waals surface area contributed by atoms with Crippen molar-refractivity contribution in [1.29, 1.82) is 0 Å². The molecule has 22 rings (SSSR count). The second kappa shape index (κ2) is 24.6. The Balaban J connectivity index is 0.000000114. The molecule has 0 saturated heterocycles. The fourth-order valence-electron chi connectivity index (χ4n) is 16.6. The highest BCUT2D eigenvalue weighted by atomic mass is 35.5. The summed E-state index contributed by atoms with van der Waals surface area (Å²) < 4.78 is 11.9. The standard InChI is InChI=1S/C48H31N3.C25H17N.C24H16ClN/c1-2-12-34(13-3-1)50-43-20-10-6-16-39(43)47-45(50)30-31-46-48(47)40-17-7-11-21-44(40)51(46)36-28-24-33(25-29-36)32-22-26-35(27-23-32)49-41-18-8-4-14-37(41)38-15-5-9-19-42(38)49;1-2-9-19(10-3-1)26-22-13-7-6-12-21(22)25-23(26)15-14-18-16-17-8-4-5-11-20(17)24(18)25;25-19-13-9-17(10-14-19)18-11-15-20(16-12-18)26-23-7-3-1-5-21(23)22-6-2-4-8-24(22)26/h1-31H;1-15H,16H2;1-16H. The number of fused-ring (bicyclic) bond motifs is 20. The summed E-state index contributed by atoms with van der Waals surface area (Å²) in [5, 5.41) is 13.7. The minimum Gasteiger partial charge on any atom is -0.309 e. The maximum atomic E-state index is 6.00. The van der Waals surface area contributed by atoms with E-state index in [0.717, 1.165) is 22.8 Å². The van der Waals surface area contributed by atoms with Crippen LogP contribution in [-0.2, 0) is 6.42 Å². The second-order valence-corrected chi connectivity index (χ2v) is 27.2. The summed E-state index contributed by atoms with van der Waals surface area (Å²) >= 11 is 6.00. The lowest BCUT2D eigenvalue weighted by molar-refractivity contribution is 1.17. The van der Waals surface area contributed by atoms with Crippen molar-refractivity contribution in [3.8, 4) is 61.8 Å². The highest BCUT2D eigenvalue weighted by molar-refractivity contribution is 6.31. The number of hydrogen-bond acceptors (Lipinski definition) is 0. The van der Waals surface area contributed by atoms with Crippen molar-refractivity contribution in [3.63, 3.8) is 0 Å². The van der Waals surface area contributed by atoms with Gasteiger partial charge in [0.15, 0.2) is 0 Å². The average Bonchev–Trinajstić information content (AvgIpc) is 1.60. The van der Waals surface area contributed by atoms with Gasteiger partial charge in [0.05, 0.1) is 55.2 Å². The van der Waals surface area contributed by atoms with Crippen LogP contribution >= 0.6 is 11.6 Å². The highest BCUT2D eigenvalue weighted by Gasteiger charge is 2.26. The minimum absolute atomic E-state index is 0.760. The number of nitrogens with zero attached hydrogens (tertiary/aromatic N) is 5. The van der Waals surface area contributed by atoms with Crippen LogP contribution in [0.1, 0.15) is 11.1 Å². The number of para-hydroxylation sites is 9. The Hall–Kier alpha value is -13.2. The molecule has 0 fully saturated rings. The third-order valence-electron chi connectivity index (χ3n) is 21.1. The predicted molar refractivity (Wildman–Crippen MR) is 435 cm³/mol. The first-order valence-corrected chi connectivity index (χ1v) is 35.7. The maximum absolute atomic E-state index is 6.00. The van der Waals surface area contributed by atoms with Gasteiger partial charge in [-0.1, -0.05) is 254 Å². The SMILES string of the molecule is Clc1ccc(-c2ccc(-n3c4ccccc4c4ccccc43)cc2)cc1.c1ccc(-n2c3ccccc3c3c4c(ccc32)Cc2ccccc2-4)cc1.c1ccc(-n2c3ccccc3c3c4c5ccccc5n(-c5ccc(-c6ccc(-n7c8ccccc8c8ccccc87)cc6)cc5)c4ccc32)cc1. The van der Waals surface area contributed by atoms with Crippen LogP contribution in [0.25, 0.3) is 171 Å². The number of hydrogen-bond donors (Lipinski definition) is 0.